The number of rotatable bonds is 5. The van der Waals surface area contributed by atoms with Crippen LogP contribution in [0.5, 0.6) is 5.75 Å². The van der Waals surface area contributed by atoms with Crippen LogP contribution in [0.3, 0.4) is 0 Å². The molecule has 0 bridgehead atoms. The van der Waals surface area contributed by atoms with Gasteiger partial charge in [0, 0.05) is 30.6 Å². The Bertz CT molecular complexity index is 1910. The smallest absolute Gasteiger partial charge is 0.323 e. The monoisotopic (exact) mass is 672 g/mol. The second-order valence-electron chi connectivity index (χ2n) is 15.1. The Morgan fingerprint density at radius 3 is 2.27 bits per heavy atom. The topological polar surface area (TPSA) is 203 Å². The van der Waals surface area contributed by atoms with Crippen LogP contribution in [0.2, 0.25) is 0 Å². The quantitative estimate of drug-likeness (QED) is 0.157. The lowest BCUT2D eigenvalue weighted by molar-refractivity contribution is -0.265. The molecular formula is C37H44N4O8. The van der Waals surface area contributed by atoms with Crippen LogP contribution < -0.4 is 21.3 Å². The summed E-state index contributed by atoms with van der Waals surface area (Å²) in [5, 5.41) is 54.6. The predicted molar refractivity (Wildman–Crippen MR) is 184 cm³/mol. The second kappa shape index (κ2) is 11.5. The summed E-state index contributed by atoms with van der Waals surface area (Å²) in [7, 11) is 3.52. The van der Waals surface area contributed by atoms with Gasteiger partial charge in [0.25, 0.3) is 0 Å². The molecule has 2 unspecified atom stereocenters. The number of nitrogens with one attached hydrogen (secondary N) is 2. The third kappa shape index (κ3) is 4.83. The van der Waals surface area contributed by atoms with E-state index in [-0.39, 0.29) is 30.0 Å². The molecule has 0 aromatic heterocycles. The summed E-state index contributed by atoms with van der Waals surface area (Å²) in [5.41, 5.74) is 1.77. The van der Waals surface area contributed by atoms with E-state index in [1.165, 1.54) is 0 Å². The summed E-state index contributed by atoms with van der Waals surface area (Å²) < 4.78 is 0. The van der Waals surface area contributed by atoms with E-state index in [1.807, 2.05) is 30.3 Å². The molecule has 3 amide bonds. The summed E-state index contributed by atoms with van der Waals surface area (Å²) in [6, 6.07) is 13.9. The summed E-state index contributed by atoms with van der Waals surface area (Å²) in [6.45, 7) is 7.00. The van der Waals surface area contributed by atoms with Gasteiger partial charge in [-0.3, -0.25) is 14.4 Å². The first kappa shape index (κ1) is 34.3. The molecule has 260 valence electrons. The molecule has 3 aliphatic carbocycles. The van der Waals surface area contributed by atoms with Gasteiger partial charge in [0.15, 0.2) is 17.2 Å². The lowest BCUT2D eigenvalue weighted by atomic mass is 9.39. The van der Waals surface area contributed by atoms with Gasteiger partial charge in [0.05, 0.1) is 29.0 Å². The first-order valence-electron chi connectivity index (χ1n) is 16.5. The number of carbonyl (C=O) groups excluding carboxylic acids is 4. The number of primary amides is 1. The molecule has 0 heterocycles. The average molecular weight is 673 g/mol. The molecule has 3 aromatic carbocycles. The molecule has 2 fully saturated rings. The number of amides is 3. The Labute approximate surface area is 284 Å². The summed E-state index contributed by atoms with van der Waals surface area (Å²) in [5.74, 6) is -7.88. The van der Waals surface area contributed by atoms with E-state index in [1.54, 1.807) is 64.9 Å². The lowest BCUT2D eigenvalue weighted by Gasteiger charge is -2.66. The standard InChI is InChI=1S/C37H44N4O8/c1-17(2)26-30(44)25(33(38)47)31(45)37(49)32(46)27-29(43)24-20(15-35(27,3)16-36(26,37)4)23(41(5)6)14-22(28(24)42)40-34(48)39-21-13-9-11-18-10-7-8-12-19(18)21/h7-14,17,25-27,30,32,42,44,46,49H,15-16H2,1-6H3,(H2,38,47)(H2,39,40,48)/t25-,26+,27-,30?,32?,35-,36-,37+/m1/s1. The zero-order valence-electron chi connectivity index (χ0n) is 28.4. The molecule has 12 nitrogen and oxygen atoms in total. The van der Waals surface area contributed by atoms with Crippen molar-refractivity contribution in [1.82, 2.24) is 0 Å². The largest absolute Gasteiger partial charge is 0.505 e. The van der Waals surface area contributed by atoms with Crippen molar-refractivity contribution in [3.8, 4) is 5.75 Å². The van der Waals surface area contributed by atoms with Crippen molar-refractivity contribution in [2.45, 2.75) is 58.3 Å². The van der Waals surface area contributed by atoms with Crippen LogP contribution in [0.15, 0.2) is 48.5 Å². The first-order chi connectivity index (χ1) is 22.9. The van der Waals surface area contributed by atoms with Crippen LogP contribution in [0.1, 0.15) is 50.0 Å². The van der Waals surface area contributed by atoms with Crippen molar-refractivity contribution in [1.29, 1.82) is 0 Å². The maximum Gasteiger partial charge on any atom is 0.323 e. The maximum atomic E-state index is 14.6. The number of nitrogens with two attached hydrogens (primary N) is 1. The van der Waals surface area contributed by atoms with Gasteiger partial charge in [-0.05, 0) is 53.2 Å². The second-order valence-corrected chi connectivity index (χ2v) is 15.1. The maximum absolute atomic E-state index is 14.6. The molecule has 0 spiro atoms. The molecule has 2 saturated carbocycles. The zero-order valence-corrected chi connectivity index (χ0v) is 28.4. The highest BCUT2D eigenvalue weighted by Gasteiger charge is 2.76. The Morgan fingerprint density at radius 1 is 1.00 bits per heavy atom. The highest BCUT2D eigenvalue weighted by Crippen LogP contribution is 2.66. The van der Waals surface area contributed by atoms with E-state index in [2.05, 4.69) is 10.6 Å². The SMILES string of the molecule is CC(C)[C@H]1C(O)[C@@H](C(N)=O)C(=O)[C@]2(O)C(O)[C@H]3C(=O)c4c(O)c(NC(=O)Nc5cccc6ccccc56)cc(N(C)C)c4C[C@]3(C)C[C@]12C. The molecule has 8 N–H and O–H groups in total. The minimum absolute atomic E-state index is 0.0294. The molecule has 0 radical (unpaired) electrons. The van der Waals surface area contributed by atoms with E-state index in [0.717, 1.165) is 10.8 Å². The molecule has 0 saturated heterocycles. The van der Waals surface area contributed by atoms with Crippen molar-refractivity contribution >= 4 is 51.3 Å². The zero-order chi connectivity index (χ0) is 36.0. The number of aromatic hydroxyl groups is 1. The van der Waals surface area contributed by atoms with Crippen molar-refractivity contribution < 1.29 is 39.6 Å². The normalized spacial score (nSPS) is 32.2. The van der Waals surface area contributed by atoms with Gasteiger partial charge in [-0.25, -0.2) is 4.79 Å². The van der Waals surface area contributed by atoms with Crippen molar-refractivity contribution in [3.63, 3.8) is 0 Å². The number of fused-ring (bicyclic) bond motifs is 4. The van der Waals surface area contributed by atoms with Gasteiger partial charge in [0.1, 0.15) is 17.8 Å². The molecule has 0 aliphatic heterocycles. The van der Waals surface area contributed by atoms with Crippen LogP contribution in [0.25, 0.3) is 10.8 Å². The van der Waals surface area contributed by atoms with E-state index in [9.17, 15) is 39.6 Å². The number of Topliss-reactive ketones (excluding diaryl/α,β-unsaturated/α-hetero) is 2. The fourth-order valence-electron chi connectivity index (χ4n) is 9.69. The highest BCUT2D eigenvalue weighted by atomic mass is 16.4. The number of nitrogens with zero attached hydrogens (tertiary/aromatic N) is 1. The van der Waals surface area contributed by atoms with Gasteiger partial charge in [0.2, 0.25) is 5.91 Å². The number of hydrogen-bond acceptors (Lipinski definition) is 9. The Morgan fingerprint density at radius 2 is 1.63 bits per heavy atom. The number of hydrogen-bond donors (Lipinski definition) is 7. The van der Waals surface area contributed by atoms with Gasteiger partial charge >= 0.3 is 6.03 Å². The van der Waals surface area contributed by atoms with Crippen LogP contribution in [0, 0.1) is 34.5 Å². The summed E-state index contributed by atoms with van der Waals surface area (Å²) >= 11 is 0. The predicted octanol–water partition coefficient (Wildman–Crippen LogP) is 3.44. The van der Waals surface area contributed by atoms with Crippen molar-refractivity contribution in [2.75, 3.05) is 29.6 Å². The molecule has 12 heteroatoms. The number of ketones is 2. The number of aliphatic hydroxyl groups is 3. The summed E-state index contributed by atoms with van der Waals surface area (Å²) in [4.78, 5) is 56.2. The van der Waals surface area contributed by atoms with Gasteiger partial charge in [-0.2, -0.15) is 0 Å². The van der Waals surface area contributed by atoms with E-state index < -0.39 is 75.6 Å². The third-order valence-corrected chi connectivity index (χ3v) is 11.5. The molecule has 6 rings (SSSR count). The van der Waals surface area contributed by atoms with Gasteiger partial charge < -0.3 is 41.7 Å². The molecular weight excluding hydrogens is 628 g/mol. The minimum Gasteiger partial charge on any atom is -0.505 e. The number of aliphatic hydroxyl groups excluding tert-OH is 2. The fourth-order valence-corrected chi connectivity index (χ4v) is 9.69. The number of urea groups is 1. The molecule has 49 heavy (non-hydrogen) atoms. The van der Waals surface area contributed by atoms with E-state index in [4.69, 9.17) is 5.73 Å². The van der Waals surface area contributed by atoms with Gasteiger partial charge in [-0.1, -0.05) is 64.1 Å². The van der Waals surface area contributed by atoms with Crippen LogP contribution >= 0.6 is 0 Å². The Hall–Kier alpha value is -4.52. The van der Waals surface area contributed by atoms with E-state index >= 15 is 0 Å². The minimum atomic E-state index is -2.62. The first-order valence-corrected chi connectivity index (χ1v) is 16.5. The van der Waals surface area contributed by atoms with Gasteiger partial charge in [-0.15, -0.1) is 0 Å². The molecule has 3 aliphatic rings. The molecule has 3 aromatic rings. The number of anilines is 3. The van der Waals surface area contributed by atoms with Crippen molar-refractivity contribution in [2.24, 2.45) is 40.2 Å². The van der Waals surface area contributed by atoms with E-state index in [0.29, 0.717) is 16.9 Å². The average Bonchev–Trinajstić information content (AvgIpc) is 3.00. The highest BCUT2D eigenvalue weighted by molar-refractivity contribution is 6.12. The van der Waals surface area contributed by atoms with Crippen LogP contribution in [-0.4, -0.2) is 75.8 Å². The van der Waals surface area contributed by atoms with Crippen LogP contribution in [-0.2, 0) is 16.0 Å². The Balaban J connectivity index is 1.44. The van der Waals surface area contributed by atoms with Crippen LogP contribution in [0.4, 0.5) is 21.9 Å². The third-order valence-electron chi connectivity index (χ3n) is 11.5. The number of benzene rings is 3. The fraction of sp³-hybridized carbons (Fsp3) is 0.459. The summed E-state index contributed by atoms with van der Waals surface area (Å²) in [6.07, 6.45) is -3.33. The number of phenolic OH excluding ortho intramolecular Hbond substituents is 1. The number of phenols is 1. The van der Waals surface area contributed by atoms with Crippen molar-refractivity contribution in [3.05, 3.63) is 59.7 Å². The molecule has 8 atom stereocenters. The lowest BCUT2D eigenvalue weighted by Crippen LogP contribution is -2.79. The Kier molecular flexibility index (Phi) is 8.08. The number of carbonyl (C=O) groups is 4.